The second-order valence-electron chi connectivity index (χ2n) is 8.17. The lowest BCUT2D eigenvalue weighted by Crippen LogP contribution is -2.46. The number of aliphatic imine (C=N–C) groups is 1. The molecule has 0 bridgehead atoms. The van der Waals surface area contributed by atoms with Crippen LogP contribution in [0.5, 0.6) is 0 Å². The second-order valence-corrected chi connectivity index (χ2v) is 9.11. The minimum Gasteiger partial charge on any atom is -0.357 e. The van der Waals surface area contributed by atoms with Gasteiger partial charge in [-0.1, -0.05) is 27.7 Å². The van der Waals surface area contributed by atoms with Gasteiger partial charge < -0.3 is 10.2 Å². The molecule has 0 saturated carbocycles. The van der Waals surface area contributed by atoms with E-state index in [1.165, 1.54) is 30.1 Å². The highest BCUT2D eigenvalue weighted by molar-refractivity contribution is 14.0. The SMILES string of the molecule is CCNC(=NCCc1nc(C(C)(C)C)cs1)N(C)CC1CCCN1CC.I. The second kappa shape index (κ2) is 11.6. The molecule has 0 spiro atoms. The number of halogens is 1. The lowest BCUT2D eigenvalue weighted by atomic mass is 9.93. The summed E-state index contributed by atoms with van der Waals surface area (Å²) in [6.07, 6.45) is 3.53. The molecule has 1 aromatic rings. The third-order valence-corrected chi connectivity index (χ3v) is 5.90. The van der Waals surface area contributed by atoms with Crippen LogP contribution in [0.2, 0.25) is 0 Å². The number of likely N-dealkylation sites (N-methyl/N-ethyl adjacent to an activating group) is 2. The average Bonchev–Trinajstić information content (AvgIpc) is 3.22. The molecule has 0 aliphatic carbocycles. The summed E-state index contributed by atoms with van der Waals surface area (Å²) in [6.45, 7) is 16.1. The Labute approximate surface area is 187 Å². The van der Waals surface area contributed by atoms with Crippen molar-refractivity contribution in [3.8, 4) is 0 Å². The quantitative estimate of drug-likeness (QED) is 0.345. The van der Waals surface area contributed by atoms with E-state index >= 15 is 0 Å². The van der Waals surface area contributed by atoms with Gasteiger partial charge in [0, 0.05) is 49.9 Å². The molecule has 1 fully saturated rings. The van der Waals surface area contributed by atoms with Gasteiger partial charge in [0.1, 0.15) is 0 Å². The minimum atomic E-state index is 0. The Morgan fingerprint density at radius 3 is 2.74 bits per heavy atom. The predicted octanol–water partition coefficient (Wildman–Crippen LogP) is 3.98. The number of likely N-dealkylation sites (tertiary alicyclic amines) is 1. The molecule has 1 aliphatic heterocycles. The van der Waals surface area contributed by atoms with Crippen LogP contribution in [0.25, 0.3) is 0 Å². The summed E-state index contributed by atoms with van der Waals surface area (Å²) in [5, 5.41) is 6.82. The van der Waals surface area contributed by atoms with Crippen LogP contribution in [-0.2, 0) is 11.8 Å². The van der Waals surface area contributed by atoms with Crippen molar-refractivity contribution < 1.29 is 0 Å². The van der Waals surface area contributed by atoms with Crippen molar-refractivity contribution in [1.29, 1.82) is 0 Å². The molecule has 1 atom stereocenters. The van der Waals surface area contributed by atoms with E-state index in [-0.39, 0.29) is 29.4 Å². The highest BCUT2D eigenvalue weighted by Gasteiger charge is 2.25. The molecule has 1 aliphatic rings. The van der Waals surface area contributed by atoms with Gasteiger partial charge >= 0.3 is 0 Å². The van der Waals surface area contributed by atoms with E-state index in [9.17, 15) is 0 Å². The first-order valence-electron chi connectivity index (χ1n) is 10.0. The van der Waals surface area contributed by atoms with Crippen molar-refractivity contribution in [3.63, 3.8) is 0 Å². The normalized spacial score (nSPS) is 18.4. The van der Waals surface area contributed by atoms with Crippen molar-refractivity contribution in [2.24, 2.45) is 4.99 Å². The molecular weight excluding hydrogens is 469 g/mol. The van der Waals surface area contributed by atoms with Gasteiger partial charge in [0.05, 0.1) is 10.7 Å². The maximum Gasteiger partial charge on any atom is 0.193 e. The van der Waals surface area contributed by atoms with E-state index in [4.69, 9.17) is 9.98 Å². The van der Waals surface area contributed by atoms with Crippen LogP contribution < -0.4 is 5.32 Å². The van der Waals surface area contributed by atoms with Gasteiger partial charge in [-0.2, -0.15) is 0 Å². The van der Waals surface area contributed by atoms with Crippen LogP contribution in [0.15, 0.2) is 10.4 Å². The summed E-state index contributed by atoms with van der Waals surface area (Å²) in [4.78, 5) is 14.5. The number of guanidine groups is 1. The Kier molecular flexibility index (Phi) is 10.5. The summed E-state index contributed by atoms with van der Waals surface area (Å²) in [5.74, 6) is 1.02. The minimum absolute atomic E-state index is 0. The largest absolute Gasteiger partial charge is 0.357 e. The molecular formula is C20H38IN5S. The smallest absolute Gasteiger partial charge is 0.193 e. The number of hydrogen-bond acceptors (Lipinski definition) is 4. The van der Waals surface area contributed by atoms with Gasteiger partial charge in [0.2, 0.25) is 0 Å². The van der Waals surface area contributed by atoms with E-state index in [0.29, 0.717) is 6.04 Å². The molecule has 1 aromatic heterocycles. The number of thiazole rings is 1. The maximum atomic E-state index is 4.85. The van der Waals surface area contributed by atoms with Crippen molar-refractivity contribution in [1.82, 2.24) is 20.1 Å². The van der Waals surface area contributed by atoms with Crippen LogP contribution in [0.1, 0.15) is 58.2 Å². The fraction of sp³-hybridized carbons (Fsp3) is 0.800. The van der Waals surface area contributed by atoms with E-state index in [0.717, 1.165) is 38.6 Å². The van der Waals surface area contributed by atoms with Gasteiger partial charge in [0.15, 0.2) is 5.96 Å². The predicted molar refractivity (Wildman–Crippen MR) is 129 cm³/mol. The fourth-order valence-corrected chi connectivity index (χ4v) is 4.43. The molecule has 27 heavy (non-hydrogen) atoms. The first-order valence-corrected chi connectivity index (χ1v) is 10.9. The lowest BCUT2D eigenvalue weighted by Gasteiger charge is -2.29. The number of rotatable bonds is 7. The van der Waals surface area contributed by atoms with E-state index in [1.54, 1.807) is 11.3 Å². The number of nitrogens with one attached hydrogen (secondary N) is 1. The van der Waals surface area contributed by atoms with E-state index in [2.05, 4.69) is 62.2 Å². The van der Waals surface area contributed by atoms with Gasteiger partial charge in [-0.3, -0.25) is 9.89 Å². The Balaban J connectivity index is 0.00000364. The number of nitrogens with zero attached hydrogens (tertiary/aromatic N) is 4. The highest BCUT2D eigenvalue weighted by Crippen LogP contribution is 2.24. The topological polar surface area (TPSA) is 43.8 Å². The number of aromatic nitrogens is 1. The molecule has 156 valence electrons. The summed E-state index contributed by atoms with van der Waals surface area (Å²) >= 11 is 1.76. The summed E-state index contributed by atoms with van der Waals surface area (Å²) in [7, 11) is 2.16. The Hall–Kier alpha value is -0.410. The van der Waals surface area contributed by atoms with E-state index in [1.807, 2.05) is 0 Å². The van der Waals surface area contributed by atoms with Crippen molar-refractivity contribution >= 4 is 41.3 Å². The summed E-state index contributed by atoms with van der Waals surface area (Å²) in [6, 6.07) is 0.655. The third kappa shape index (κ3) is 7.49. The van der Waals surface area contributed by atoms with Crippen molar-refractivity contribution in [2.75, 3.05) is 39.8 Å². The van der Waals surface area contributed by atoms with Crippen LogP contribution in [-0.4, -0.2) is 66.6 Å². The molecule has 1 N–H and O–H groups in total. The summed E-state index contributed by atoms with van der Waals surface area (Å²) < 4.78 is 0. The molecule has 5 nitrogen and oxygen atoms in total. The standard InChI is InChI=1S/C20H37N5S.HI/c1-7-21-19(24(6)14-16-10-9-13-25(16)8-2)22-12-11-18-23-17(15-26-18)20(3,4)5;/h15-16H,7-14H2,1-6H3,(H,21,22);1H. The Bertz CT molecular complexity index is 581. The number of hydrogen-bond donors (Lipinski definition) is 1. The fourth-order valence-electron chi connectivity index (χ4n) is 3.42. The van der Waals surface area contributed by atoms with Crippen LogP contribution in [0, 0.1) is 0 Å². The van der Waals surface area contributed by atoms with Crippen LogP contribution >= 0.6 is 35.3 Å². The van der Waals surface area contributed by atoms with Crippen molar-refractivity contribution in [2.45, 2.75) is 65.3 Å². The van der Waals surface area contributed by atoms with E-state index < -0.39 is 0 Å². The zero-order valence-electron chi connectivity index (χ0n) is 17.9. The molecule has 1 unspecified atom stereocenters. The maximum absolute atomic E-state index is 4.85. The third-order valence-electron chi connectivity index (χ3n) is 4.99. The Morgan fingerprint density at radius 1 is 1.41 bits per heavy atom. The van der Waals surface area contributed by atoms with Crippen LogP contribution in [0.4, 0.5) is 0 Å². The van der Waals surface area contributed by atoms with Gasteiger partial charge in [-0.25, -0.2) is 4.98 Å². The zero-order chi connectivity index (χ0) is 19.2. The molecule has 7 heteroatoms. The van der Waals surface area contributed by atoms with Crippen molar-refractivity contribution in [3.05, 3.63) is 16.1 Å². The van der Waals surface area contributed by atoms with Gasteiger partial charge in [0.25, 0.3) is 0 Å². The highest BCUT2D eigenvalue weighted by atomic mass is 127. The first kappa shape index (κ1) is 24.6. The molecule has 0 amide bonds. The lowest BCUT2D eigenvalue weighted by molar-refractivity contribution is 0.232. The first-order chi connectivity index (χ1) is 12.3. The average molecular weight is 508 g/mol. The molecule has 0 radical (unpaired) electrons. The molecule has 1 saturated heterocycles. The zero-order valence-corrected chi connectivity index (χ0v) is 21.1. The van der Waals surface area contributed by atoms with Gasteiger partial charge in [-0.15, -0.1) is 35.3 Å². The molecule has 2 rings (SSSR count). The van der Waals surface area contributed by atoms with Gasteiger partial charge in [-0.05, 0) is 32.9 Å². The molecule has 0 aromatic carbocycles. The summed E-state index contributed by atoms with van der Waals surface area (Å²) in [5.41, 5.74) is 1.31. The molecule has 2 heterocycles. The Morgan fingerprint density at radius 2 is 2.15 bits per heavy atom. The monoisotopic (exact) mass is 507 g/mol. The van der Waals surface area contributed by atoms with Crippen LogP contribution in [0.3, 0.4) is 0 Å².